The summed E-state index contributed by atoms with van der Waals surface area (Å²) in [5, 5.41) is 11.3. The van der Waals surface area contributed by atoms with Gasteiger partial charge in [-0.1, -0.05) is 61.8 Å². The van der Waals surface area contributed by atoms with E-state index in [-0.39, 0.29) is 11.9 Å². The van der Waals surface area contributed by atoms with E-state index in [0.29, 0.717) is 0 Å². The smallest absolute Gasteiger partial charge is 0.259 e. The van der Waals surface area contributed by atoms with Crippen molar-refractivity contribution in [2.45, 2.75) is 50.5 Å². The lowest BCUT2D eigenvalue weighted by molar-refractivity contribution is -0.131. The summed E-state index contributed by atoms with van der Waals surface area (Å²) in [4.78, 5) is 14.4. The quantitative estimate of drug-likeness (QED) is 0.828. The number of carbonyl (C=O) groups excluding carboxylic acids is 1. The second kappa shape index (κ2) is 6.38. The van der Waals surface area contributed by atoms with Crippen molar-refractivity contribution in [2.75, 3.05) is 7.05 Å². The maximum atomic E-state index is 12.9. The summed E-state index contributed by atoms with van der Waals surface area (Å²) in [7, 11) is 3.74. The average Bonchev–Trinajstić information content (AvgIpc) is 2.79. The Labute approximate surface area is 139 Å². The van der Waals surface area contributed by atoms with E-state index in [1.807, 2.05) is 26.0 Å². The summed E-state index contributed by atoms with van der Waals surface area (Å²) < 4.78 is 0. The first-order valence-corrected chi connectivity index (χ1v) is 8.75. The van der Waals surface area contributed by atoms with Crippen molar-refractivity contribution in [3.05, 3.63) is 29.8 Å². The van der Waals surface area contributed by atoms with E-state index in [4.69, 9.17) is 5.41 Å². The molecule has 2 N–H and O–H groups in total. The number of carbonyl (C=O) groups is 1. The van der Waals surface area contributed by atoms with Crippen LogP contribution in [0.1, 0.15) is 50.5 Å². The van der Waals surface area contributed by atoms with E-state index in [1.165, 1.54) is 37.0 Å². The molecule has 1 heterocycles. The lowest BCUT2D eigenvalue weighted by Gasteiger charge is -2.31. The molecule has 1 saturated carbocycles. The van der Waals surface area contributed by atoms with Gasteiger partial charge in [-0.2, -0.15) is 0 Å². The van der Waals surface area contributed by atoms with Crippen LogP contribution < -0.4 is 10.8 Å². The summed E-state index contributed by atoms with van der Waals surface area (Å²) in [5.41, 5.74) is 1.39. The molecular formula is C18H26BN3O. The van der Waals surface area contributed by atoms with Crippen LogP contribution in [0.4, 0.5) is 0 Å². The Kier molecular flexibility index (Phi) is 4.47. The van der Waals surface area contributed by atoms with Gasteiger partial charge < -0.3 is 5.32 Å². The molecule has 3 rings (SSSR count). The number of rotatable bonds is 4. The van der Waals surface area contributed by atoms with E-state index < -0.39 is 5.54 Å². The van der Waals surface area contributed by atoms with Gasteiger partial charge >= 0.3 is 0 Å². The molecule has 1 aliphatic heterocycles. The number of likely N-dealkylation sites (N-methyl/N-ethyl adjacent to an activating group) is 1. The van der Waals surface area contributed by atoms with Crippen LogP contribution in [0.25, 0.3) is 0 Å². The van der Waals surface area contributed by atoms with Gasteiger partial charge in [0.15, 0.2) is 5.96 Å². The summed E-state index contributed by atoms with van der Waals surface area (Å²) in [6.07, 6.45) is 8.37. The Morgan fingerprint density at radius 1 is 1.35 bits per heavy atom. The zero-order chi connectivity index (χ0) is 16.4. The van der Waals surface area contributed by atoms with Crippen molar-refractivity contribution in [3.8, 4) is 0 Å². The standard InChI is InChI=1S/C18H26BN3O/c1-22-16(23)18(21-17(22)20,14-8-5-9-15(19)12-14)11-10-13-6-3-2-4-7-13/h5,8-9,12-13H,2-4,6-7,10-11,19H2,1H3,(H2,20,21). The minimum Gasteiger partial charge on any atom is -0.338 e. The first-order valence-electron chi connectivity index (χ1n) is 8.75. The number of nitrogens with zero attached hydrogens (tertiary/aromatic N) is 1. The highest BCUT2D eigenvalue weighted by Crippen LogP contribution is 2.36. The van der Waals surface area contributed by atoms with Gasteiger partial charge in [0.05, 0.1) is 0 Å². The molecule has 0 aromatic heterocycles. The number of hydrogen-bond donors (Lipinski definition) is 2. The molecule has 2 fully saturated rings. The fourth-order valence-electron chi connectivity index (χ4n) is 4.04. The lowest BCUT2D eigenvalue weighted by atomic mass is 9.78. The third-order valence-electron chi connectivity index (χ3n) is 5.50. The van der Waals surface area contributed by atoms with Crippen molar-refractivity contribution < 1.29 is 4.79 Å². The number of benzene rings is 1. The predicted octanol–water partition coefficient (Wildman–Crippen LogP) is 1.50. The Bertz CT molecular complexity index is 612. The molecule has 122 valence electrons. The zero-order valence-corrected chi connectivity index (χ0v) is 14.2. The van der Waals surface area contributed by atoms with Gasteiger partial charge in [-0.15, -0.1) is 0 Å². The van der Waals surface area contributed by atoms with Gasteiger partial charge in [-0.25, -0.2) is 0 Å². The third kappa shape index (κ3) is 3.01. The van der Waals surface area contributed by atoms with Gasteiger partial charge in [0.25, 0.3) is 5.91 Å². The van der Waals surface area contributed by atoms with E-state index in [1.54, 1.807) is 7.05 Å². The molecule has 1 saturated heterocycles. The molecule has 4 nitrogen and oxygen atoms in total. The maximum Gasteiger partial charge on any atom is 0.259 e. The largest absolute Gasteiger partial charge is 0.338 e. The summed E-state index contributed by atoms with van der Waals surface area (Å²) in [6.45, 7) is 0. The van der Waals surface area contributed by atoms with Crippen molar-refractivity contribution >= 4 is 25.2 Å². The van der Waals surface area contributed by atoms with E-state index >= 15 is 0 Å². The van der Waals surface area contributed by atoms with Crippen molar-refractivity contribution in [2.24, 2.45) is 5.92 Å². The molecule has 0 radical (unpaired) electrons. The molecular weight excluding hydrogens is 285 g/mol. The van der Waals surface area contributed by atoms with Crippen LogP contribution >= 0.6 is 0 Å². The second-order valence-corrected chi connectivity index (χ2v) is 7.16. The summed E-state index contributed by atoms with van der Waals surface area (Å²) in [5.74, 6) is 0.934. The van der Waals surface area contributed by atoms with Gasteiger partial charge in [0, 0.05) is 7.05 Å². The predicted molar refractivity (Wildman–Crippen MR) is 95.7 cm³/mol. The van der Waals surface area contributed by atoms with Crippen molar-refractivity contribution in [3.63, 3.8) is 0 Å². The molecule has 1 aliphatic carbocycles. The van der Waals surface area contributed by atoms with Crippen LogP contribution in [0.3, 0.4) is 0 Å². The molecule has 23 heavy (non-hydrogen) atoms. The molecule has 0 bridgehead atoms. The fraction of sp³-hybridized carbons (Fsp3) is 0.556. The molecule has 2 aliphatic rings. The minimum atomic E-state index is -0.755. The lowest BCUT2D eigenvalue weighted by Crippen LogP contribution is -2.44. The highest BCUT2D eigenvalue weighted by molar-refractivity contribution is 6.32. The summed E-state index contributed by atoms with van der Waals surface area (Å²) >= 11 is 0. The van der Waals surface area contributed by atoms with Gasteiger partial charge in [0.2, 0.25) is 0 Å². The first kappa shape index (κ1) is 16.1. The van der Waals surface area contributed by atoms with Crippen LogP contribution in [0, 0.1) is 11.3 Å². The normalized spacial score (nSPS) is 25.7. The van der Waals surface area contributed by atoms with Crippen LogP contribution in [-0.4, -0.2) is 31.7 Å². The number of guanidine groups is 1. The molecule has 1 atom stereocenters. The number of hydrogen-bond acceptors (Lipinski definition) is 2. The molecule has 1 aromatic rings. The molecule has 1 unspecified atom stereocenters. The number of nitrogens with one attached hydrogen (secondary N) is 2. The van der Waals surface area contributed by atoms with Gasteiger partial charge in [0.1, 0.15) is 13.4 Å². The van der Waals surface area contributed by atoms with Crippen LogP contribution in [0.2, 0.25) is 0 Å². The molecule has 1 amide bonds. The average molecular weight is 311 g/mol. The minimum absolute atomic E-state index is 0.00362. The molecule has 0 spiro atoms. The first-order chi connectivity index (χ1) is 11.0. The van der Waals surface area contributed by atoms with E-state index in [2.05, 4.69) is 11.4 Å². The third-order valence-corrected chi connectivity index (χ3v) is 5.50. The van der Waals surface area contributed by atoms with Crippen molar-refractivity contribution in [1.82, 2.24) is 10.2 Å². The molecule has 5 heteroatoms. The van der Waals surface area contributed by atoms with Crippen LogP contribution in [0.15, 0.2) is 24.3 Å². The van der Waals surface area contributed by atoms with E-state index in [9.17, 15) is 4.79 Å². The highest BCUT2D eigenvalue weighted by Gasteiger charge is 2.49. The van der Waals surface area contributed by atoms with Crippen LogP contribution in [0.5, 0.6) is 0 Å². The van der Waals surface area contributed by atoms with Crippen molar-refractivity contribution in [1.29, 1.82) is 5.41 Å². The zero-order valence-electron chi connectivity index (χ0n) is 14.2. The Morgan fingerprint density at radius 2 is 2.09 bits per heavy atom. The maximum absolute atomic E-state index is 12.9. The van der Waals surface area contributed by atoms with Gasteiger partial charge in [-0.05, 0) is 24.3 Å². The highest BCUT2D eigenvalue weighted by atomic mass is 16.2. The van der Waals surface area contributed by atoms with Gasteiger partial charge in [-0.3, -0.25) is 15.1 Å². The van der Waals surface area contributed by atoms with Crippen LogP contribution in [-0.2, 0) is 10.3 Å². The summed E-state index contributed by atoms with van der Waals surface area (Å²) in [6, 6.07) is 8.15. The topological polar surface area (TPSA) is 56.2 Å². The van der Waals surface area contributed by atoms with E-state index in [0.717, 1.165) is 29.8 Å². The SMILES string of the molecule is Bc1cccc(C2(CCC3CCCCC3)NC(=N)N(C)C2=O)c1. The fourth-order valence-corrected chi connectivity index (χ4v) is 4.04. The monoisotopic (exact) mass is 311 g/mol. The number of amides is 1. The Balaban J connectivity index is 1.88. The molecule has 1 aromatic carbocycles. The Hall–Kier alpha value is -1.78. The second-order valence-electron chi connectivity index (χ2n) is 7.16. The Morgan fingerprint density at radius 3 is 2.70 bits per heavy atom.